The molecule has 0 radical (unpaired) electrons. The van der Waals surface area contributed by atoms with E-state index in [0.29, 0.717) is 24.3 Å². The number of esters is 1. The molecule has 0 aromatic carbocycles. The molecular weight excluding hydrogens is 214 g/mol. The number of carbonyl (C=O) groups excluding carboxylic acids is 1. The van der Waals surface area contributed by atoms with E-state index in [1.807, 2.05) is 0 Å². The first-order chi connectivity index (χ1) is 8.13. The Hall–Kier alpha value is -0.570. The molecule has 17 heavy (non-hydrogen) atoms. The van der Waals surface area contributed by atoms with Crippen molar-refractivity contribution in [3.05, 3.63) is 0 Å². The van der Waals surface area contributed by atoms with Gasteiger partial charge in [-0.15, -0.1) is 0 Å². The fraction of sp³-hybridized carbons (Fsp3) is 0.929. The molecule has 3 heteroatoms. The maximum atomic E-state index is 11.8. The van der Waals surface area contributed by atoms with Crippen molar-refractivity contribution in [3.63, 3.8) is 0 Å². The lowest BCUT2D eigenvalue weighted by Gasteiger charge is -2.31. The Bertz CT molecular complexity index is 251. The van der Waals surface area contributed by atoms with E-state index in [1.165, 1.54) is 12.8 Å². The van der Waals surface area contributed by atoms with Crippen LogP contribution in [0.1, 0.15) is 52.4 Å². The Morgan fingerprint density at radius 1 is 1.24 bits per heavy atom. The normalized spacial score (nSPS) is 38.0. The van der Waals surface area contributed by atoms with Crippen molar-refractivity contribution in [1.82, 2.24) is 5.32 Å². The Labute approximate surface area is 104 Å². The smallest absolute Gasteiger partial charge is 0.307 e. The first-order valence-corrected chi connectivity index (χ1v) is 7.06. The highest BCUT2D eigenvalue weighted by Crippen LogP contribution is 2.30. The quantitative estimate of drug-likeness (QED) is 0.769. The van der Waals surface area contributed by atoms with E-state index in [2.05, 4.69) is 19.2 Å². The van der Waals surface area contributed by atoms with Crippen LogP contribution in [0.25, 0.3) is 0 Å². The van der Waals surface area contributed by atoms with E-state index in [0.717, 1.165) is 25.8 Å². The van der Waals surface area contributed by atoms with Crippen LogP contribution in [0.5, 0.6) is 0 Å². The lowest BCUT2D eigenvalue weighted by Crippen LogP contribution is -2.31. The van der Waals surface area contributed by atoms with E-state index in [-0.39, 0.29) is 12.1 Å². The fourth-order valence-electron chi connectivity index (χ4n) is 3.34. The second-order valence-electron chi connectivity index (χ2n) is 6.03. The van der Waals surface area contributed by atoms with Crippen molar-refractivity contribution in [2.45, 2.75) is 64.5 Å². The zero-order chi connectivity index (χ0) is 12.3. The molecular formula is C14H25NO2. The minimum Gasteiger partial charge on any atom is -0.462 e. The monoisotopic (exact) mass is 239 g/mol. The highest BCUT2D eigenvalue weighted by atomic mass is 16.5. The zero-order valence-electron chi connectivity index (χ0n) is 11.1. The second-order valence-corrected chi connectivity index (χ2v) is 6.03. The maximum Gasteiger partial charge on any atom is 0.307 e. The van der Waals surface area contributed by atoms with Gasteiger partial charge in [-0.25, -0.2) is 0 Å². The molecule has 0 aromatic rings. The van der Waals surface area contributed by atoms with E-state index in [9.17, 15) is 4.79 Å². The summed E-state index contributed by atoms with van der Waals surface area (Å²) in [6.07, 6.45) is 6.41. The molecule has 1 saturated carbocycles. The summed E-state index contributed by atoms with van der Waals surface area (Å²) >= 11 is 0. The molecule has 0 spiro atoms. The van der Waals surface area contributed by atoms with Crippen LogP contribution < -0.4 is 5.32 Å². The SMILES string of the molecule is CC1CC(C)CC(OC(=O)CC2CCCN2)C1. The number of hydrogen-bond acceptors (Lipinski definition) is 3. The van der Waals surface area contributed by atoms with Crippen molar-refractivity contribution in [1.29, 1.82) is 0 Å². The first kappa shape index (κ1) is 12.9. The van der Waals surface area contributed by atoms with Crippen LogP contribution in [0.4, 0.5) is 0 Å². The molecule has 98 valence electrons. The van der Waals surface area contributed by atoms with Gasteiger partial charge in [-0.2, -0.15) is 0 Å². The molecule has 0 amide bonds. The lowest BCUT2D eigenvalue weighted by atomic mass is 9.82. The Morgan fingerprint density at radius 3 is 2.53 bits per heavy atom. The molecule has 3 atom stereocenters. The zero-order valence-corrected chi connectivity index (χ0v) is 11.1. The molecule has 1 aliphatic heterocycles. The van der Waals surface area contributed by atoms with Crippen LogP contribution in [0.15, 0.2) is 0 Å². The third kappa shape index (κ3) is 3.98. The summed E-state index contributed by atoms with van der Waals surface area (Å²) in [7, 11) is 0. The van der Waals surface area contributed by atoms with Crippen molar-refractivity contribution < 1.29 is 9.53 Å². The predicted molar refractivity (Wildman–Crippen MR) is 67.7 cm³/mol. The van der Waals surface area contributed by atoms with Gasteiger partial charge in [0.1, 0.15) is 6.10 Å². The minimum absolute atomic E-state index is 0.00398. The first-order valence-electron chi connectivity index (χ1n) is 7.06. The Morgan fingerprint density at radius 2 is 1.94 bits per heavy atom. The van der Waals surface area contributed by atoms with Crippen LogP contribution in [-0.4, -0.2) is 24.7 Å². The highest BCUT2D eigenvalue weighted by molar-refractivity contribution is 5.70. The molecule has 2 rings (SSSR count). The topological polar surface area (TPSA) is 38.3 Å². The predicted octanol–water partition coefficient (Wildman–Crippen LogP) is 2.50. The van der Waals surface area contributed by atoms with Gasteiger partial charge in [0.25, 0.3) is 0 Å². The van der Waals surface area contributed by atoms with Crippen LogP contribution in [-0.2, 0) is 9.53 Å². The van der Waals surface area contributed by atoms with Crippen molar-refractivity contribution in [2.24, 2.45) is 11.8 Å². The average Bonchev–Trinajstić information content (AvgIpc) is 2.67. The van der Waals surface area contributed by atoms with Crippen molar-refractivity contribution in [2.75, 3.05) is 6.54 Å². The molecule has 1 aliphatic carbocycles. The van der Waals surface area contributed by atoms with Crippen molar-refractivity contribution in [3.8, 4) is 0 Å². The summed E-state index contributed by atoms with van der Waals surface area (Å²) < 4.78 is 5.62. The molecule has 0 aromatic heterocycles. The summed E-state index contributed by atoms with van der Waals surface area (Å²) in [6.45, 7) is 5.57. The molecule has 2 aliphatic rings. The van der Waals surface area contributed by atoms with Gasteiger partial charge in [0.15, 0.2) is 0 Å². The fourth-order valence-corrected chi connectivity index (χ4v) is 3.34. The molecule has 1 N–H and O–H groups in total. The maximum absolute atomic E-state index is 11.8. The average molecular weight is 239 g/mol. The second kappa shape index (κ2) is 5.85. The Balaban J connectivity index is 1.73. The van der Waals surface area contributed by atoms with Gasteiger partial charge in [-0.3, -0.25) is 4.79 Å². The van der Waals surface area contributed by atoms with Crippen LogP contribution in [0.2, 0.25) is 0 Å². The van der Waals surface area contributed by atoms with Crippen LogP contribution >= 0.6 is 0 Å². The molecule has 3 unspecified atom stereocenters. The third-order valence-corrected chi connectivity index (χ3v) is 4.01. The standard InChI is InChI=1S/C14H25NO2/c1-10-6-11(2)8-13(7-10)17-14(16)9-12-4-3-5-15-12/h10-13,15H,3-9H2,1-2H3. The van der Waals surface area contributed by atoms with Gasteiger partial charge in [-0.05, 0) is 50.5 Å². The van der Waals surface area contributed by atoms with Gasteiger partial charge in [0.2, 0.25) is 0 Å². The summed E-state index contributed by atoms with van der Waals surface area (Å²) in [5.74, 6) is 1.39. The van der Waals surface area contributed by atoms with Crippen LogP contribution in [0.3, 0.4) is 0 Å². The minimum atomic E-state index is -0.00398. The third-order valence-electron chi connectivity index (χ3n) is 4.01. The molecule has 3 nitrogen and oxygen atoms in total. The number of nitrogens with one attached hydrogen (secondary N) is 1. The van der Waals surface area contributed by atoms with E-state index >= 15 is 0 Å². The highest BCUT2D eigenvalue weighted by Gasteiger charge is 2.27. The van der Waals surface area contributed by atoms with Gasteiger partial charge >= 0.3 is 5.97 Å². The largest absolute Gasteiger partial charge is 0.462 e. The van der Waals surface area contributed by atoms with Gasteiger partial charge in [0, 0.05) is 6.04 Å². The van der Waals surface area contributed by atoms with Crippen LogP contribution in [0, 0.1) is 11.8 Å². The Kier molecular flexibility index (Phi) is 4.43. The van der Waals surface area contributed by atoms with E-state index in [4.69, 9.17) is 4.74 Å². The number of carbonyl (C=O) groups is 1. The van der Waals surface area contributed by atoms with Gasteiger partial charge in [-0.1, -0.05) is 13.8 Å². The van der Waals surface area contributed by atoms with E-state index in [1.54, 1.807) is 0 Å². The van der Waals surface area contributed by atoms with Gasteiger partial charge < -0.3 is 10.1 Å². The number of hydrogen-bond donors (Lipinski definition) is 1. The van der Waals surface area contributed by atoms with Crippen molar-refractivity contribution >= 4 is 5.97 Å². The summed E-state index contributed by atoms with van der Waals surface area (Å²) in [5.41, 5.74) is 0. The lowest BCUT2D eigenvalue weighted by molar-refractivity contribution is -0.152. The van der Waals surface area contributed by atoms with E-state index < -0.39 is 0 Å². The summed E-state index contributed by atoms with van der Waals surface area (Å²) in [5, 5.41) is 3.34. The van der Waals surface area contributed by atoms with Gasteiger partial charge in [0.05, 0.1) is 6.42 Å². The summed E-state index contributed by atoms with van der Waals surface area (Å²) in [4.78, 5) is 11.8. The number of rotatable bonds is 3. The summed E-state index contributed by atoms with van der Waals surface area (Å²) in [6, 6.07) is 0.362. The molecule has 0 bridgehead atoms. The molecule has 1 saturated heterocycles. The number of ether oxygens (including phenoxy) is 1. The molecule has 1 heterocycles. The molecule has 2 fully saturated rings.